The summed E-state index contributed by atoms with van der Waals surface area (Å²) in [7, 11) is 0. The number of rotatable bonds is 10. The van der Waals surface area contributed by atoms with E-state index < -0.39 is 0 Å². The summed E-state index contributed by atoms with van der Waals surface area (Å²) < 4.78 is 0. The van der Waals surface area contributed by atoms with Gasteiger partial charge in [0.15, 0.2) is 0 Å². The molecule has 0 nitrogen and oxygen atoms in total. The van der Waals surface area contributed by atoms with Crippen LogP contribution in [-0.4, -0.2) is 0 Å². The van der Waals surface area contributed by atoms with E-state index in [4.69, 9.17) is 0 Å². The van der Waals surface area contributed by atoms with Crippen LogP contribution < -0.4 is 0 Å². The summed E-state index contributed by atoms with van der Waals surface area (Å²) in [5, 5.41) is 0. The molecule has 0 aromatic heterocycles. The van der Waals surface area contributed by atoms with Gasteiger partial charge in [-0.25, -0.2) is 0 Å². The molecule has 0 fully saturated rings. The fourth-order valence-electron chi connectivity index (χ4n) is 4.21. The van der Waals surface area contributed by atoms with Crippen LogP contribution >= 0.6 is 0 Å². The zero-order chi connectivity index (χ0) is 21.6. The van der Waals surface area contributed by atoms with Crippen molar-refractivity contribution in [3.05, 3.63) is 69.8 Å². The van der Waals surface area contributed by atoms with E-state index in [0.29, 0.717) is 23.7 Å². The summed E-state index contributed by atoms with van der Waals surface area (Å²) in [6.45, 7) is 18.4. The van der Waals surface area contributed by atoms with Gasteiger partial charge in [0.2, 0.25) is 0 Å². The molecule has 0 unspecified atom stereocenters. The van der Waals surface area contributed by atoms with Crippen molar-refractivity contribution in [2.45, 2.75) is 87.5 Å². The van der Waals surface area contributed by atoms with Gasteiger partial charge in [0.1, 0.15) is 0 Å². The first-order chi connectivity index (χ1) is 13.6. The quantitative estimate of drug-likeness (QED) is 0.390. The third-order valence-corrected chi connectivity index (χ3v) is 5.01. The Hall–Kier alpha value is -1.56. The maximum atomic E-state index is 3.74. The monoisotopic (exact) mass is 390 g/mol. The SMILES string of the molecule is CC(C)Cc1[c]c(Cc2[c]c(CC(C)C)cc(CC(C)C)c2)cc(CC(C)C)c1. The van der Waals surface area contributed by atoms with Crippen LogP contribution in [0.1, 0.15) is 88.8 Å². The zero-order valence-electron chi connectivity index (χ0n) is 20.2. The standard InChI is InChI=1S/C29H42/c1-20(2)9-24-13-25(10-21(3)4)16-28(15-24)19-29-17-26(11-22(5)6)14-27(18-29)12-23(7)8/h13-15,17,20-23H,9-12,19H2,1-8H3. The lowest BCUT2D eigenvalue weighted by Crippen LogP contribution is -2.04. The van der Waals surface area contributed by atoms with Gasteiger partial charge in [-0.3, -0.25) is 0 Å². The van der Waals surface area contributed by atoms with E-state index in [0.717, 1.165) is 32.1 Å². The van der Waals surface area contributed by atoms with Crippen LogP contribution in [0, 0.1) is 35.8 Å². The lowest BCUT2D eigenvalue weighted by Gasteiger charge is -2.15. The Morgan fingerprint density at radius 1 is 0.483 bits per heavy atom. The molecule has 0 aliphatic heterocycles. The minimum absolute atomic E-state index is 0.659. The largest absolute Gasteiger partial charge is 0.0625 e. The molecule has 2 rings (SSSR count). The fourth-order valence-corrected chi connectivity index (χ4v) is 4.21. The summed E-state index contributed by atoms with van der Waals surface area (Å²) in [5.41, 5.74) is 8.32. The van der Waals surface area contributed by atoms with Crippen LogP contribution in [-0.2, 0) is 32.1 Å². The molecule has 0 atom stereocenters. The van der Waals surface area contributed by atoms with Crippen molar-refractivity contribution < 1.29 is 0 Å². The van der Waals surface area contributed by atoms with Crippen molar-refractivity contribution in [3.63, 3.8) is 0 Å². The molecule has 2 aromatic rings. The maximum Gasteiger partial charge on any atom is -0.00130 e. The van der Waals surface area contributed by atoms with E-state index in [-0.39, 0.29) is 0 Å². The smallest absolute Gasteiger partial charge is 0.00130 e. The minimum atomic E-state index is 0.659. The molecule has 0 aliphatic carbocycles. The summed E-state index contributed by atoms with van der Waals surface area (Å²) in [6, 6.07) is 17.0. The Morgan fingerprint density at radius 2 is 0.793 bits per heavy atom. The van der Waals surface area contributed by atoms with Gasteiger partial charge >= 0.3 is 0 Å². The molecule has 2 aromatic carbocycles. The molecular formula is C29H42. The van der Waals surface area contributed by atoms with Gasteiger partial charge < -0.3 is 0 Å². The molecule has 0 heterocycles. The van der Waals surface area contributed by atoms with Gasteiger partial charge in [0.05, 0.1) is 0 Å². The molecule has 0 spiro atoms. The molecule has 0 saturated carbocycles. The number of hydrogen-bond donors (Lipinski definition) is 0. The third-order valence-electron chi connectivity index (χ3n) is 5.01. The molecule has 2 radical (unpaired) electrons. The van der Waals surface area contributed by atoms with E-state index in [1.807, 2.05) is 0 Å². The fraction of sp³-hybridized carbons (Fsp3) is 0.586. The molecule has 0 heteroatoms. The van der Waals surface area contributed by atoms with Crippen LogP contribution in [0.3, 0.4) is 0 Å². The van der Waals surface area contributed by atoms with Crippen LogP contribution in [0.15, 0.2) is 24.3 Å². The summed E-state index contributed by atoms with van der Waals surface area (Å²) in [4.78, 5) is 0. The highest BCUT2D eigenvalue weighted by Gasteiger charge is 2.10. The van der Waals surface area contributed by atoms with Gasteiger partial charge in [-0.2, -0.15) is 0 Å². The first-order valence-corrected chi connectivity index (χ1v) is 11.7. The molecule has 158 valence electrons. The van der Waals surface area contributed by atoms with E-state index in [2.05, 4.69) is 91.8 Å². The van der Waals surface area contributed by atoms with Crippen molar-refractivity contribution in [1.82, 2.24) is 0 Å². The molecular weight excluding hydrogens is 348 g/mol. The average molecular weight is 391 g/mol. The molecule has 0 saturated heterocycles. The van der Waals surface area contributed by atoms with Crippen molar-refractivity contribution in [3.8, 4) is 0 Å². The van der Waals surface area contributed by atoms with Crippen molar-refractivity contribution in [2.75, 3.05) is 0 Å². The second kappa shape index (κ2) is 11.0. The summed E-state index contributed by atoms with van der Waals surface area (Å²) in [5.74, 6) is 2.67. The Labute approximate surface area is 181 Å². The minimum Gasteiger partial charge on any atom is -0.0625 e. The lowest BCUT2D eigenvalue weighted by molar-refractivity contribution is 0.634. The highest BCUT2D eigenvalue weighted by molar-refractivity contribution is 5.36. The van der Waals surface area contributed by atoms with E-state index >= 15 is 0 Å². The topological polar surface area (TPSA) is 0 Å². The Kier molecular flexibility index (Phi) is 9.00. The van der Waals surface area contributed by atoms with E-state index in [9.17, 15) is 0 Å². The first-order valence-electron chi connectivity index (χ1n) is 11.7. The third kappa shape index (κ3) is 8.77. The van der Waals surface area contributed by atoms with E-state index in [1.54, 1.807) is 0 Å². The van der Waals surface area contributed by atoms with Crippen molar-refractivity contribution >= 4 is 0 Å². The average Bonchev–Trinajstić information content (AvgIpc) is 2.51. The number of hydrogen-bond acceptors (Lipinski definition) is 0. The zero-order valence-corrected chi connectivity index (χ0v) is 20.2. The maximum absolute atomic E-state index is 3.74. The summed E-state index contributed by atoms with van der Waals surface area (Å²) in [6.07, 6.45) is 5.43. The highest BCUT2D eigenvalue weighted by atomic mass is 14.1. The van der Waals surface area contributed by atoms with Gasteiger partial charge in [0.25, 0.3) is 0 Å². The van der Waals surface area contributed by atoms with Crippen LogP contribution in [0.2, 0.25) is 0 Å². The van der Waals surface area contributed by atoms with Crippen LogP contribution in [0.25, 0.3) is 0 Å². The Morgan fingerprint density at radius 3 is 1.10 bits per heavy atom. The Bertz CT molecular complexity index is 640. The van der Waals surface area contributed by atoms with Crippen molar-refractivity contribution in [2.24, 2.45) is 23.7 Å². The number of benzene rings is 2. The molecule has 0 aliphatic rings. The second-order valence-corrected chi connectivity index (χ2v) is 10.6. The van der Waals surface area contributed by atoms with Gasteiger partial charge in [-0.1, -0.05) is 79.7 Å². The molecule has 29 heavy (non-hydrogen) atoms. The normalized spacial score (nSPS) is 12.0. The van der Waals surface area contributed by atoms with Gasteiger partial charge in [-0.05, 0) is 101 Å². The second-order valence-electron chi connectivity index (χ2n) is 10.6. The first kappa shape index (κ1) is 23.7. The highest BCUT2D eigenvalue weighted by Crippen LogP contribution is 2.22. The molecule has 0 amide bonds. The Balaban J connectivity index is 2.36. The van der Waals surface area contributed by atoms with Gasteiger partial charge in [-0.15, -0.1) is 0 Å². The predicted molar refractivity (Wildman–Crippen MR) is 128 cm³/mol. The van der Waals surface area contributed by atoms with E-state index in [1.165, 1.54) is 33.4 Å². The van der Waals surface area contributed by atoms with Gasteiger partial charge in [0, 0.05) is 0 Å². The predicted octanol–water partition coefficient (Wildman–Crippen LogP) is 7.67. The van der Waals surface area contributed by atoms with Crippen LogP contribution in [0.5, 0.6) is 0 Å². The van der Waals surface area contributed by atoms with Crippen LogP contribution in [0.4, 0.5) is 0 Å². The molecule has 0 N–H and O–H groups in total. The molecule has 0 bridgehead atoms. The van der Waals surface area contributed by atoms with Crippen molar-refractivity contribution in [1.29, 1.82) is 0 Å². The lowest BCUT2D eigenvalue weighted by atomic mass is 9.90. The summed E-state index contributed by atoms with van der Waals surface area (Å²) >= 11 is 0.